The van der Waals surface area contributed by atoms with E-state index in [1.54, 1.807) is 0 Å². The Balaban J connectivity index is 2.03. The summed E-state index contributed by atoms with van der Waals surface area (Å²) < 4.78 is 12.4. The van der Waals surface area contributed by atoms with Crippen molar-refractivity contribution >= 4 is 11.5 Å². The molecular formula is C14H18N6O4. The number of anilines is 1. The molecule has 1 saturated heterocycles. The van der Waals surface area contributed by atoms with Crippen LogP contribution in [-0.4, -0.2) is 60.8 Å². The third kappa shape index (κ3) is 2.38. The standard InChI is InChI=1S/C14H18N6O4/c1-7(2)23-4-8-10(21)11(22)14(5-15,24-8)9-3-17-13-12(16)18-6-19-20(9)13/h3,6-8,10-11,21-22H,4H2,1-2H3,(H2,16,18,19)/t8-,10-,11-,14+/m1/s1. The average Bonchev–Trinajstić information content (AvgIpc) is 3.09. The third-order valence-corrected chi connectivity index (χ3v) is 3.93. The first-order chi connectivity index (χ1) is 11.4. The maximum atomic E-state index is 10.5. The Bertz CT molecular complexity index is 787. The molecule has 4 atom stereocenters. The second kappa shape index (κ2) is 5.95. The van der Waals surface area contributed by atoms with Gasteiger partial charge in [0.1, 0.15) is 36.4 Å². The van der Waals surface area contributed by atoms with E-state index in [9.17, 15) is 15.5 Å². The largest absolute Gasteiger partial charge is 0.387 e. The van der Waals surface area contributed by atoms with E-state index in [1.165, 1.54) is 17.0 Å². The van der Waals surface area contributed by atoms with Crippen molar-refractivity contribution in [3.63, 3.8) is 0 Å². The zero-order chi connectivity index (χ0) is 17.5. The second-order valence-corrected chi connectivity index (χ2v) is 5.85. The van der Waals surface area contributed by atoms with Crippen LogP contribution in [0, 0.1) is 11.3 Å². The molecule has 1 aliphatic heterocycles. The predicted octanol–water partition coefficient (Wildman–Crippen LogP) is -1.03. The van der Waals surface area contributed by atoms with E-state index >= 15 is 0 Å². The smallest absolute Gasteiger partial charge is 0.227 e. The normalized spacial score (nSPS) is 30.1. The van der Waals surface area contributed by atoms with Gasteiger partial charge in [-0.1, -0.05) is 0 Å². The average molecular weight is 334 g/mol. The van der Waals surface area contributed by atoms with Crippen molar-refractivity contribution < 1.29 is 19.7 Å². The van der Waals surface area contributed by atoms with E-state index in [0.717, 1.165) is 0 Å². The molecule has 0 aromatic carbocycles. The van der Waals surface area contributed by atoms with Gasteiger partial charge in [0.25, 0.3) is 0 Å². The van der Waals surface area contributed by atoms with Crippen molar-refractivity contribution in [2.24, 2.45) is 0 Å². The summed E-state index contributed by atoms with van der Waals surface area (Å²) in [6.45, 7) is 3.70. The quantitative estimate of drug-likeness (QED) is 0.637. The van der Waals surface area contributed by atoms with Gasteiger partial charge in [-0.25, -0.2) is 14.5 Å². The van der Waals surface area contributed by atoms with E-state index in [-0.39, 0.29) is 29.9 Å². The van der Waals surface area contributed by atoms with Gasteiger partial charge in [-0.15, -0.1) is 0 Å². The zero-order valence-corrected chi connectivity index (χ0v) is 13.2. The van der Waals surface area contributed by atoms with E-state index < -0.39 is 23.9 Å². The first-order valence-corrected chi connectivity index (χ1v) is 7.42. The van der Waals surface area contributed by atoms with Crippen molar-refractivity contribution in [1.29, 1.82) is 5.26 Å². The fraction of sp³-hybridized carbons (Fsp3) is 0.571. The summed E-state index contributed by atoms with van der Waals surface area (Å²) in [4.78, 5) is 7.89. The summed E-state index contributed by atoms with van der Waals surface area (Å²) in [6, 6.07) is 1.94. The Hall–Kier alpha value is -2.32. The molecule has 0 spiro atoms. The van der Waals surface area contributed by atoms with Crippen LogP contribution in [0.3, 0.4) is 0 Å². The van der Waals surface area contributed by atoms with Crippen LogP contribution in [0.4, 0.5) is 5.82 Å². The molecule has 1 aliphatic rings. The molecule has 4 N–H and O–H groups in total. The number of fused-ring (bicyclic) bond motifs is 1. The molecule has 0 aliphatic carbocycles. The van der Waals surface area contributed by atoms with Crippen LogP contribution in [0.15, 0.2) is 12.5 Å². The Labute approximate surface area is 137 Å². The van der Waals surface area contributed by atoms with Gasteiger partial charge in [0.05, 0.1) is 18.9 Å². The number of imidazole rings is 1. The molecule has 1 fully saturated rings. The van der Waals surface area contributed by atoms with Crippen molar-refractivity contribution in [1.82, 2.24) is 19.6 Å². The molecule has 0 saturated carbocycles. The van der Waals surface area contributed by atoms with Gasteiger partial charge in [0.2, 0.25) is 5.60 Å². The molecule has 10 heteroatoms. The van der Waals surface area contributed by atoms with Crippen LogP contribution >= 0.6 is 0 Å². The molecule has 128 valence electrons. The maximum Gasteiger partial charge on any atom is 0.227 e. The monoisotopic (exact) mass is 334 g/mol. The molecule has 3 rings (SSSR count). The van der Waals surface area contributed by atoms with Crippen molar-refractivity contribution in [3.05, 3.63) is 18.2 Å². The molecule has 24 heavy (non-hydrogen) atoms. The molecule has 0 radical (unpaired) electrons. The lowest BCUT2D eigenvalue weighted by Gasteiger charge is -2.23. The lowest BCUT2D eigenvalue weighted by atomic mass is 9.93. The molecular weight excluding hydrogens is 316 g/mol. The maximum absolute atomic E-state index is 10.5. The Morgan fingerprint density at radius 1 is 1.50 bits per heavy atom. The van der Waals surface area contributed by atoms with Crippen LogP contribution in [0.25, 0.3) is 5.65 Å². The van der Waals surface area contributed by atoms with Gasteiger partial charge in [-0.3, -0.25) is 0 Å². The topological polar surface area (TPSA) is 152 Å². The fourth-order valence-electron chi connectivity index (χ4n) is 2.69. The van der Waals surface area contributed by atoms with E-state index in [4.69, 9.17) is 15.2 Å². The summed E-state index contributed by atoms with van der Waals surface area (Å²) in [6.07, 6.45) is -1.22. The first-order valence-electron chi connectivity index (χ1n) is 7.42. The summed E-state index contributed by atoms with van der Waals surface area (Å²) in [5, 5.41) is 34.4. The Morgan fingerprint density at radius 2 is 2.25 bits per heavy atom. The summed E-state index contributed by atoms with van der Waals surface area (Å²) in [7, 11) is 0. The number of nitrogen functional groups attached to an aromatic ring is 1. The number of aliphatic hydroxyl groups excluding tert-OH is 2. The number of nitrogens with two attached hydrogens (primary N) is 1. The number of hydrogen-bond donors (Lipinski definition) is 3. The predicted molar refractivity (Wildman–Crippen MR) is 80.5 cm³/mol. The SMILES string of the molecule is CC(C)OC[C@H]1O[C@@](C#N)(c2cnc3c(N)ncnn23)[C@H](O)[C@@H]1O. The molecule has 0 amide bonds. The summed E-state index contributed by atoms with van der Waals surface area (Å²) in [5.74, 6) is 0.122. The number of nitrogens with zero attached hydrogens (tertiary/aromatic N) is 5. The summed E-state index contributed by atoms with van der Waals surface area (Å²) >= 11 is 0. The van der Waals surface area contributed by atoms with Crippen LogP contribution in [0.1, 0.15) is 19.5 Å². The van der Waals surface area contributed by atoms with Crippen LogP contribution in [-0.2, 0) is 15.1 Å². The highest BCUT2D eigenvalue weighted by molar-refractivity contribution is 5.59. The Morgan fingerprint density at radius 3 is 2.92 bits per heavy atom. The highest BCUT2D eigenvalue weighted by Crippen LogP contribution is 2.39. The lowest BCUT2D eigenvalue weighted by molar-refractivity contribution is -0.0846. The van der Waals surface area contributed by atoms with Crippen LogP contribution in [0.2, 0.25) is 0 Å². The van der Waals surface area contributed by atoms with Crippen LogP contribution < -0.4 is 5.73 Å². The molecule has 0 bridgehead atoms. The number of aromatic nitrogens is 4. The number of ether oxygens (including phenoxy) is 2. The number of rotatable bonds is 4. The first kappa shape index (κ1) is 16.5. The van der Waals surface area contributed by atoms with Gasteiger partial charge < -0.3 is 25.4 Å². The highest BCUT2D eigenvalue weighted by atomic mass is 16.6. The lowest BCUT2D eigenvalue weighted by Crippen LogP contribution is -2.41. The number of aliphatic hydroxyl groups is 2. The van der Waals surface area contributed by atoms with Crippen LogP contribution in [0.5, 0.6) is 0 Å². The molecule has 0 unspecified atom stereocenters. The van der Waals surface area contributed by atoms with E-state index in [0.29, 0.717) is 0 Å². The van der Waals surface area contributed by atoms with Gasteiger partial charge in [0, 0.05) is 0 Å². The van der Waals surface area contributed by atoms with Gasteiger partial charge in [-0.05, 0) is 13.8 Å². The van der Waals surface area contributed by atoms with Crippen molar-refractivity contribution in [3.8, 4) is 6.07 Å². The summed E-state index contributed by atoms with van der Waals surface area (Å²) in [5.41, 5.74) is 4.28. The molecule has 2 aromatic heterocycles. The number of hydrogen-bond acceptors (Lipinski definition) is 9. The fourth-order valence-corrected chi connectivity index (χ4v) is 2.69. The second-order valence-electron chi connectivity index (χ2n) is 5.85. The minimum Gasteiger partial charge on any atom is -0.387 e. The van der Waals surface area contributed by atoms with Crippen molar-refractivity contribution in [2.45, 2.75) is 43.9 Å². The van der Waals surface area contributed by atoms with E-state index in [1.807, 2.05) is 19.9 Å². The zero-order valence-electron chi connectivity index (χ0n) is 13.2. The van der Waals surface area contributed by atoms with Gasteiger partial charge >= 0.3 is 0 Å². The third-order valence-electron chi connectivity index (χ3n) is 3.93. The van der Waals surface area contributed by atoms with Gasteiger partial charge in [0.15, 0.2) is 11.5 Å². The minimum atomic E-state index is -1.84. The minimum absolute atomic E-state index is 0.0349. The molecule has 3 heterocycles. The highest BCUT2D eigenvalue weighted by Gasteiger charge is 2.57. The van der Waals surface area contributed by atoms with Crippen molar-refractivity contribution in [2.75, 3.05) is 12.3 Å². The molecule has 10 nitrogen and oxygen atoms in total. The molecule has 2 aromatic rings. The van der Waals surface area contributed by atoms with E-state index in [2.05, 4.69) is 15.1 Å². The number of nitriles is 1. The van der Waals surface area contributed by atoms with Gasteiger partial charge in [-0.2, -0.15) is 10.4 Å². The Kier molecular flexibility index (Phi) is 4.10.